The average Bonchev–Trinajstić information content (AvgIpc) is 4.10. The standard InChI is InChI=1S/C58H71N6O15PS/c1-3-28-76-57-49(65)22-21-47-50(66)40-51(79-56(47)57)42-17-19-43(20-18-42)58(69)60-26-30-71-32-34-73-36-38-75-39-37-74-35-33-72-31-27-64-55-46-15-9-10-16-48(46)63(41-44-13-7-8-14-45(44)54(55)61-62-64)53(68)24-23-52(67)59-25-11-5-6-12-29-78-80(70,81)77-4-2/h3,7-10,13-22,40,65H,1,4-6,11-12,23-39,41H2,2H3,(H,59,67)(H,60,69)(H,70,81). The number of para-hydroxylation sites is 1. The van der Waals surface area contributed by atoms with Crippen LogP contribution in [0.2, 0.25) is 0 Å². The van der Waals surface area contributed by atoms with Crippen LogP contribution < -0.4 is 25.7 Å². The number of nitrogens with zero attached hydrogens (tertiary/aromatic N) is 4. The molecule has 4 aromatic carbocycles. The SMILES string of the molecule is C=CCOc1c(O)ccc2c(=O)cc(-c3ccc(C(=O)NCCOCCOCCOCCOCCOCCn4nnc5c4-c4ccccc4N(C(=O)CCC(=O)NCCCCCCOP(O)(=S)OCC)Cc4ccccc4-5)cc3)oc12. The van der Waals surface area contributed by atoms with Gasteiger partial charge >= 0.3 is 6.72 Å². The molecule has 0 spiro atoms. The van der Waals surface area contributed by atoms with Crippen molar-refractivity contribution < 1.29 is 66.3 Å². The average molecular weight is 1160 g/mol. The first-order valence-electron chi connectivity index (χ1n) is 27.1. The van der Waals surface area contributed by atoms with Crippen molar-refractivity contribution in [2.24, 2.45) is 0 Å². The van der Waals surface area contributed by atoms with Crippen molar-refractivity contribution in [3.8, 4) is 45.3 Å². The molecule has 3 heterocycles. The molecule has 3 amide bonds. The van der Waals surface area contributed by atoms with E-state index in [4.69, 9.17) is 53.7 Å². The number of phenols is 1. The lowest BCUT2D eigenvalue weighted by atomic mass is 9.95. The number of benzene rings is 4. The summed E-state index contributed by atoms with van der Waals surface area (Å²) in [4.78, 5) is 64.1. The van der Waals surface area contributed by atoms with Gasteiger partial charge in [-0.3, -0.25) is 19.2 Å². The molecule has 4 N–H and O–H groups in total. The fraction of sp³-hybridized carbons (Fsp3) is 0.414. The Kier molecular flexibility index (Phi) is 25.0. The third kappa shape index (κ3) is 18.7. The number of unbranched alkanes of at least 4 members (excludes halogenated alkanes) is 3. The molecular weight excluding hydrogens is 1080 g/mol. The van der Waals surface area contributed by atoms with Crippen LogP contribution in [0, 0.1) is 0 Å². The number of anilines is 1. The largest absolute Gasteiger partial charge is 0.504 e. The maximum absolute atomic E-state index is 14.0. The lowest BCUT2D eigenvalue weighted by Gasteiger charge is -2.28. The summed E-state index contributed by atoms with van der Waals surface area (Å²) in [6.45, 7) is 8.01. The van der Waals surface area contributed by atoms with Crippen LogP contribution in [0.5, 0.6) is 11.5 Å². The summed E-state index contributed by atoms with van der Waals surface area (Å²) in [5.41, 5.74) is 5.53. The minimum absolute atomic E-state index is 0.0311. The van der Waals surface area contributed by atoms with Crippen molar-refractivity contribution in [1.29, 1.82) is 0 Å². The Morgan fingerprint density at radius 2 is 1.43 bits per heavy atom. The first kappa shape index (κ1) is 61.9. The Bertz CT molecular complexity index is 3120. The van der Waals surface area contributed by atoms with Gasteiger partial charge < -0.3 is 67.4 Å². The summed E-state index contributed by atoms with van der Waals surface area (Å²) < 4.78 is 52.1. The van der Waals surface area contributed by atoms with Gasteiger partial charge in [-0.05, 0) is 67.5 Å². The number of fused-ring (bicyclic) bond motifs is 6. The molecule has 434 valence electrons. The zero-order valence-corrected chi connectivity index (χ0v) is 47.3. The second-order valence-corrected chi connectivity index (χ2v) is 21.2. The fourth-order valence-corrected chi connectivity index (χ4v) is 9.99. The smallest absolute Gasteiger partial charge is 0.324 e. The second-order valence-electron chi connectivity index (χ2n) is 18.4. The van der Waals surface area contributed by atoms with E-state index >= 15 is 0 Å². The Balaban J connectivity index is 0.734. The highest BCUT2D eigenvalue weighted by Gasteiger charge is 2.29. The molecule has 1 unspecified atom stereocenters. The van der Waals surface area contributed by atoms with Crippen LogP contribution in [0.25, 0.3) is 44.8 Å². The van der Waals surface area contributed by atoms with Crippen molar-refractivity contribution in [1.82, 2.24) is 25.6 Å². The molecule has 0 saturated heterocycles. The first-order valence-corrected chi connectivity index (χ1v) is 29.7. The Hall–Kier alpha value is -6.69. The first-order chi connectivity index (χ1) is 39.5. The molecule has 0 radical (unpaired) electrons. The predicted molar refractivity (Wildman–Crippen MR) is 309 cm³/mol. The van der Waals surface area contributed by atoms with Crippen molar-refractivity contribution in [3.05, 3.63) is 125 Å². The number of carbonyl (C=O) groups excluding carboxylic acids is 3. The molecule has 1 aliphatic heterocycles. The zero-order valence-electron chi connectivity index (χ0n) is 45.6. The summed E-state index contributed by atoms with van der Waals surface area (Å²) in [5.74, 6) is -0.517. The normalized spacial score (nSPS) is 12.6. The maximum atomic E-state index is 14.0. The topological polar surface area (TPSA) is 254 Å². The molecule has 1 atom stereocenters. The molecule has 23 heteroatoms. The van der Waals surface area contributed by atoms with Gasteiger partial charge in [0.1, 0.15) is 18.1 Å². The van der Waals surface area contributed by atoms with E-state index in [-0.39, 0.29) is 70.8 Å². The molecule has 0 aliphatic carbocycles. The minimum atomic E-state index is -3.16. The third-order valence-corrected chi connectivity index (χ3v) is 14.4. The number of hydrogen-bond donors (Lipinski definition) is 4. The Labute approximate surface area is 475 Å². The van der Waals surface area contributed by atoms with Crippen LogP contribution in [0.3, 0.4) is 0 Å². The highest BCUT2D eigenvalue weighted by Crippen LogP contribution is 2.44. The quantitative estimate of drug-likeness (QED) is 0.0167. The molecule has 0 fully saturated rings. The number of rotatable bonds is 36. The van der Waals surface area contributed by atoms with E-state index in [0.29, 0.717) is 128 Å². The van der Waals surface area contributed by atoms with E-state index < -0.39 is 6.72 Å². The van der Waals surface area contributed by atoms with Crippen LogP contribution in [-0.4, -0.2) is 142 Å². The minimum Gasteiger partial charge on any atom is -0.504 e. The molecule has 21 nitrogen and oxygen atoms in total. The van der Waals surface area contributed by atoms with Gasteiger partial charge in [0.15, 0.2) is 16.8 Å². The molecule has 2 aromatic heterocycles. The number of ether oxygens (including phenoxy) is 6. The summed E-state index contributed by atoms with van der Waals surface area (Å²) in [6.07, 6.45) is 4.81. The Morgan fingerprint density at radius 1 is 0.765 bits per heavy atom. The number of nitrogens with one attached hydrogen (secondary N) is 2. The molecule has 1 aliphatic rings. The van der Waals surface area contributed by atoms with E-state index in [0.717, 1.165) is 48.1 Å². The van der Waals surface area contributed by atoms with E-state index in [1.807, 2.05) is 48.5 Å². The second kappa shape index (κ2) is 32.7. The molecule has 81 heavy (non-hydrogen) atoms. The van der Waals surface area contributed by atoms with E-state index in [1.165, 1.54) is 24.3 Å². The molecular formula is C58H71N6O15PS. The number of amides is 3. The van der Waals surface area contributed by atoms with Crippen LogP contribution in [0.15, 0.2) is 113 Å². The van der Waals surface area contributed by atoms with Crippen molar-refractivity contribution >= 4 is 52.9 Å². The van der Waals surface area contributed by atoms with E-state index in [2.05, 4.69) is 27.5 Å². The van der Waals surface area contributed by atoms with Crippen molar-refractivity contribution in [3.63, 3.8) is 0 Å². The van der Waals surface area contributed by atoms with Crippen LogP contribution in [-0.2, 0) is 67.2 Å². The van der Waals surface area contributed by atoms with Gasteiger partial charge in [-0.25, -0.2) is 4.68 Å². The highest BCUT2D eigenvalue weighted by atomic mass is 32.5. The van der Waals surface area contributed by atoms with Gasteiger partial charge in [0.05, 0.1) is 109 Å². The number of aromatic hydroxyl groups is 1. The highest BCUT2D eigenvalue weighted by molar-refractivity contribution is 8.07. The third-order valence-electron chi connectivity index (χ3n) is 12.7. The van der Waals surface area contributed by atoms with Crippen LogP contribution in [0.4, 0.5) is 5.69 Å². The predicted octanol–water partition coefficient (Wildman–Crippen LogP) is 7.74. The summed E-state index contributed by atoms with van der Waals surface area (Å²) in [7, 11) is 0. The zero-order chi connectivity index (χ0) is 57.2. The van der Waals surface area contributed by atoms with E-state index in [1.54, 1.807) is 40.8 Å². The van der Waals surface area contributed by atoms with Crippen LogP contribution >= 0.6 is 6.72 Å². The number of hydrogen-bond acceptors (Lipinski definition) is 17. The molecule has 0 bridgehead atoms. The van der Waals surface area contributed by atoms with Gasteiger partial charge in [-0.2, -0.15) is 0 Å². The van der Waals surface area contributed by atoms with Crippen LogP contribution in [0.1, 0.15) is 61.4 Å². The van der Waals surface area contributed by atoms with E-state index in [9.17, 15) is 29.2 Å². The van der Waals surface area contributed by atoms with Gasteiger partial charge in [-0.1, -0.05) is 85.3 Å². The number of carbonyl (C=O) groups is 3. The Morgan fingerprint density at radius 3 is 2.15 bits per heavy atom. The summed E-state index contributed by atoms with van der Waals surface area (Å²) in [6, 6.07) is 26.3. The molecule has 7 rings (SSSR count). The monoisotopic (exact) mass is 1150 g/mol. The summed E-state index contributed by atoms with van der Waals surface area (Å²) in [5, 5.41) is 25.5. The van der Waals surface area contributed by atoms with Gasteiger partial charge in [0, 0.05) is 54.3 Å². The van der Waals surface area contributed by atoms with Crippen molar-refractivity contribution in [2.75, 3.05) is 104 Å². The lowest BCUT2D eigenvalue weighted by molar-refractivity contribution is -0.125. The molecule has 6 aromatic rings. The van der Waals surface area contributed by atoms with Crippen molar-refractivity contribution in [2.45, 2.75) is 58.5 Å². The number of phenolic OH excluding ortho intramolecular Hbond substituents is 1. The van der Waals surface area contributed by atoms with Gasteiger partial charge in [0.25, 0.3) is 5.91 Å². The fourth-order valence-electron chi connectivity index (χ4n) is 8.69. The van der Waals surface area contributed by atoms with Gasteiger partial charge in [-0.15, -0.1) is 5.10 Å². The van der Waals surface area contributed by atoms with Gasteiger partial charge in [0.2, 0.25) is 17.6 Å². The lowest BCUT2D eigenvalue weighted by Crippen LogP contribution is -2.33. The molecule has 0 saturated carbocycles. The summed E-state index contributed by atoms with van der Waals surface area (Å²) >= 11 is 4.93. The number of aromatic nitrogens is 3. The maximum Gasteiger partial charge on any atom is 0.324 e.